The number of nitrogens with one attached hydrogen (secondary N) is 3. The van der Waals surface area contributed by atoms with Crippen LogP contribution < -0.4 is 10.6 Å². The van der Waals surface area contributed by atoms with E-state index in [-0.39, 0.29) is 12.5 Å². The third kappa shape index (κ3) is 8.32. The van der Waals surface area contributed by atoms with E-state index in [1.54, 1.807) is 12.5 Å². The van der Waals surface area contributed by atoms with Crippen molar-refractivity contribution in [3.63, 3.8) is 0 Å². The first-order chi connectivity index (χ1) is 12.7. The highest BCUT2D eigenvalue weighted by molar-refractivity contribution is 5.75. The van der Waals surface area contributed by atoms with Gasteiger partial charge >= 0.3 is 6.09 Å². The summed E-state index contributed by atoms with van der Waals surface area (Å²) in [5.41, 5.74) is 1.97. The maximum absolute atomic E-state index is 11.7. The van der Waals surface area contributed by atoms with Crippen LogP contribution in [0.15, 0.2) is 42.9 Å². The van der Waals surface area contributed by atoms with E-state index in [9.17, 15) is 9.59 Å². The Hall–Kier alpha value is -2.83. The molecule has 26 heavy (non-hydrogen) atoms. The van der Waals surface area contributed by atoms with E-state index in [0.717, 1.165) is 36.9 Å². The predicted octanol–water partition coefficient (Wildman–Crippen LogP) is 2.56. The summed E-state index contributed by atoms with van der Waals surface area (Å²) in [7, 11) is 0. The average molecular weight is 358 g/mol. The fourth-order valence-electron chi connectivity index (χ4n) is 2.40. The molecule has 2 amide bonds. The number of unbranched alkanes of at least 4 members (excludes halogenated alkanes) is 2. The lowest BCUT2D eigenvalue weighted by Crippen LogP contribution is -2.26. The van der Waals surface area contributed by atoms with Crippen LogP contribution in [0, 0.1) is 0 Å². The molecule has 140 valence electrons. The van der Waals surface area contributed by atoms with Gasteiger partial charge in [0, 0.05) is 37.8 Å². The Morgan fingerprint density at radius 3 is 2.65 bits per heavy atom. The number of hydrogen-bond acceptors (Lipinski definition) is 4. The van der Waals surface area contributed by atoms with Gasteiger partial charge in [-0.1, -0.05) is 36.8 Å². The van der Waals surface area contributed by atoms with Gasteiger partial charge in [-0.2, -0.15) is 0 Å². The quantitative estimate of drug-likeness (QED) is 0.538. The Morgan fingerprint density at radius 1 is 1.04 bits per heavy atom. The van der Waals surface area contributed by atoms with Crippen molar-refractivity contribution in [3.8, 4) is 0 Å². The lowest BCUT2D eigenvalue weighted by atomic mass is 10.2. The van der Waals surface area contributed by atoms with E-state index in [2.05, 4.69) is 20.6 Å². The average Bonchev–Trinajstić information content (AvgIpc) is 3.17. The molecule has 0 spiro atoms. The molecule has 1 aromatic carbocycles. The number of benzene rings is 1. The van der Waals surface area contributed by atoms with Crippen LogP contribution >= 0.6 is 0 Å². The zero-order valence-electron chi connectivity index (χ0n) is 14.9. The van der Waals surface area contributed by atoms with Crippen molar-refractivity contribution in [2.75, 3.05) is 13.1 Å². The van der Waals surface area contributed by atoms with Gasteiger partial charge in [0.1, 0.15) is 6.61 Å². The maximum Gasteiger partial charge on any atom is 0.407 e. The lowest BCUT2D eigenvalue weighted by Gasteiger charge is -2.07. The number of carbonyl (C=O) groups excluding carboxylic acids is 2. The minimum absolute atomic E-state index is 0.0553. The monoisotopic (exact) mass is 358 g/mol. The molecule has 0 aliphatic carbocycles. The van der Waals surface area contributed by atoms with Gasteiger partial charge in [-0.15, -0.1) is 0 Å². The van der Waals surface area contributed by atoms with Gasteiger partial charge in [-0.25, -0.2) is 9.78 Å². The van der Waals surface area contributed by atoms with Gasteiger partial charge < -0.3 is 20.4 Å². The zero-order valence-corrected chi connectivity index (χ0v) is 14.9. The molecule has 0 saturated carbocycles. The van der Waals surface area contributed by atoms with Crippen LogP contribution in [0.1, 0.15) is 36.9 Å². The van der Waals surface area contributed by atoms with Gasteiger partial charge in [0.2, 0.25) is 5.91 Å². The molecule has 3 N–H and O–H groups in total. The number of rotatable bonds is 11. The summed E-state index contributed by atoms with van der Waals surface area (Å²) in [5, 5.41) is 5.61. The van der Waals surface area contributed by atoms with Gasteiger partial charge in [0.05, 0.1) is 6.33 Å². The van der Waals surface area contributed by atoms with Gasteiger partial charge in [0.15, 0.2) is 0 Å². The van der Waals surface area contributed by atoms with Crippen LogP contribution in [0.4, 0.5) is 4.79 Å². The Balaban J connectivity index is 1.41. The largest absolute Gasteiger partial charge is 0.445 e. The van der Waals surface area contributed by atoms with Gasteiger partial charge in [-0.3, -0.25) is 4.79 Å². The van der Waals surface area contributed by atoms with Crippen LogP contribution in [0.25, 0.3) is 0 Å². The number of carbonyl (C=O) groups is 2. The normalized spacial score (nSPS) is 10.3. The smallest absolute Gasteiger partial charge is 0.407 e. The highest BCUT2D eigenvalue weighted by Gasteiger charge is 2.03. The van der Waals surface area contributed by atoms with Crippen LogP contribution in [0.3, 0.4) is 0 Å². The molecule has 0 aliphatic rings. The fourth-order valence-corrected chi connectivity index (χ4v) is 2.40. The fraction of sp³-hybridized carbons (Fsp3) is 0.421. The van der Waals surface area contributed by atoms with Crippen LogP contribution in [-0.4, -0.2) is 35.1 Å². The number of nitrogens with zero attached hydrogens (tertiary/aromatic N) is 1. The SMILES string of the molecule is O=C(CCCCCNC(=O)OCc1ccccc1)NCCc1cnc[nH]1. The van der Waals surface area contributed by atoms with Crippen molar-refractivity contribution in [2.24, 2.45) is 0 Å². The van der Waals surface area contributed by atoms with Crippen molar-refractivity contribution in [3.05, 3.63) is 54.1 Å². The highest BCUT2D eigenvalue weighted by Crippen LogP contribution is 2.02. The van der Waals surface area contributed by atoms with Gasteiger partial charge in [-0.05, 0) is 18.4 Å². The number of H-pyrrole nitrogens is 1. The van der Waals surface area contributed by atoms with E-state index < -0.39 is 6.09 Å². The first-order valence-electron chi connectivity index (χ1n) is 8.92. The molecule has 7 nitrogen and oxygen atoms in total. The molecular weight excluding hydrogens is 332 g/mol. The molecule has 0 radical (unpaired) electrons. The molecule has 1 heterocycles. The number of aromatic nitrogens is 2. The number of ether oxygens (including phenoxy) is 1. The zero-order chi connectivity index (χ0) is 18.5. The second-order valence-corrected chi connectivity index (χ2v) is 5.98. The number of amides is 2. The van der Waals surface area contributed by atoms with E-state index in [4.69, 9.17) is 4.74 Å². The summed E-state index contributed by atoms with van der Waals surface area (Å²) in [6, 6.07) is 9.55. The Morgan fingerprint density at radius 2 is 1.88 bits per heavy atom. The number of aromatic amines is 1. The molecule has 0 fully saturated rings. The maximum atomic E-state index is 11.7. The molecule has 0 unspecified atom stereocenters. The van der Waals surface area contributed by atoms with Crippen molar-refractivity contribution >= 4 is 12.0 Å². The highest BCUT2D eigenvalue weighted by atomic mass is 16.5. The van der Waals surface area contributed by atoms with Crippen molar-refractivity contribution in [1.82, 2.24) is 20.6 Å². The molecular formula is C19H26N4O3. The number of hydrogen-bond donors (Lipinski definition) is 3. The van der Waals surface area contributed by atoms with E-state index in [1.165, 1.54) is 0 Å². The molecule has 1 aromatic heterocycles. The van der Waals surface area contributed by atoms with Crippen molar-refractivity contribution in [1.29, 1.82) is 0 Å². The van der Waals surface area contributed by atoms with Crippen molar-refractivity contribution in [2.45, 2.75) is 38.7 Å². The Kier molecular flexibility index (Phi) is 8.76. The second-order valence-electron chi connectivity index (χ2n) is 5.98. The topological polar surface area (TPSA) is 96.1 Å². The molecule has 0 atom stereocenters. The summed E-state index contributed by atoms with van der Waals surface area (Å²) in [6.07, 6.45) is 6.73. The van der Waals surface area contributed by atoms with Crippen LogP contribution in [-0.2, 0) is 22.6 Å². The molecule has 7 heteroatoms. The molecule has 0 saturated heterocycles. The summed E-state index contributed by atoms with van der Waals surface area (Å²) < 4.78 is 5.13. The molecule has 2 aromatic rings. The molecule has 0 bridgehead atoms. The van der Waals surface area contributed by atoms with Crippen LogP contribution in [0.5, 0.6) is 0 Å². The second kappa shape index (κ2) is 11.7. The summed E-state index contributed by atoms with van der Waals surface area (Å²) in [5.74, 6) is 0.0553. The predicted molar refractivity (Wildman–Crippen MR) is 98.4 cm³/mol. The Bertz CT molecular complexity index is 644. The summed E-state index contributed by atoms with van der Waals surface area (Å²) >= 11 is 0. The Labute approximate surface area is 153 Å². The minimum Gasteiger partial charge on any atom is -0.445 e. The van der Waals surface area contributed by atoms with E-state index >= 15 is 0 Å². The molecule has 2 rings (SSSR count). The van der Waals surface area contributed by atoms with Gasteiger partial charge in [0.25, 0.3) is 0 Å². The first kappa shape index (κ1) is 19.5. The number of imidazole rings is 1. The third-order valence-corrected chi connectivity index (χ3v) is 3.83. The van der Waals surface area contributed by atoms with Crippen LogP contribution in [0.2, 0.25) is 0 Å². The third-order valence-electron chi connectivity index (χ3n) is 3.83. The van der Waals surface area contributed by atoms with E-state index in [1.807, 2.05) is 30.3 Å². The molecule has 0 aliphatic heterocycles. The van der Waals surface area contributed by atoms with E-state index in [0.29, 0.717) is 19.5 Å². The van der Waals surface area contributed by atoms with Crippen molar-refractivity contribution < 1.29 is 14.3 Å². The summed E-state index contributed by atoms with van der Waals surface area (Å²) in [6.45, 7) is 1.43. The number of alkyl carbamates (subject to hydrolysis) is 1. The lowest BCUT2D eigenvalue weighted by molar-refractivity contribution is -0.121. The first-order valence-corrected chi connectivity index (χ1v) is 8.92. The standard InChI is InChI=1S/C19H26N4O3/c24-18(21-12-10-17-13-20-15-23-17)9-5-2-6-11-22-19(25)26-14-16-7-3-1-4-8-16/h1,3-4,7-8,13,15H,2,5-6,9-12,14H2,(H,20,23)(H,21,24)(H,22,25). The minimum atomic E-state index is -0.412. The summed E-state index contributed by atoms with van der Waals surface area (Å²) in [4.78, 5) is 30.2.